The Balaban J connectivity index is 1.32. The third kappa shape index (κ3) is 10.3. The fourth-order valence-electron chi connectivity index (χ4n) is 5.81. The molecule has 2 atom stereocenters. The quantitative estimate of drug-likeness (QED) is 0.134. The Bertz CT molecular complexity index is 2170. The smallest absolute Gasteiger partial charge is 0.265 e. The van der Waals surface area contributed by atoms with E-state index in [4.69, 9.17) is 0 Å². The van der Waals surface area contributed by atoms with E-state index >= 15 is 0 Å². The van der Waals surface area contributed by atoms with Crippen molar-refractivity contribution in [3.8, 4) is 0 Å². The van der Waals surface area contributed by atoms with Crippen LogP contribution in [0.1, 0.15) is 54.0 Å². The third-order valence-electron chi connectivity index (χ3n) is 8.50. The number of hydrogen-bond donors (Lipinski definition) is 5. The zero-order chi connectivity index (χ0) is 38.2. The standard InChI is InChI=1S/C37H39N5O9S2/c1-2-3-7-18-38-36(46)29(20-25-10-14-27(15-11-25)31-22-34(44)41-52(31,48)49)40-37(47)30(19-24-8-5-4-6-9-24)39-33(43)21-26-12-16-28(17-13-26)32-23-35(45)42-53(32,50)51/h4-6,8-17,22-23,29-30H,2-3,7,18-21H2,1H3,(H,38,46)(H,39,43)(H,40,47)(H,41,44)(H,42,45)/t29-,30-/m0/s1. The van der Waals surface area contributed by atoms with Gasteiger partial charge in [0.1, 0.15) is 21.9 Å². The molecule has 0 aliphatic carbocycles. The number of carbonyl (C=O) groups excluding carboxylic acids is 5. The van der Waals surface area contributed by atoms with E-state index in [0.717, 1.165) is 37.0 Å². The van der Waals surface area contributed by atoms with Crippen LogP contribution in [0.5, 0.6) is 0 Å². The lowest BCUT2D eigenvalue weighted by molar-refractivity contribution is -0.132. The SMILES string of the molecule is CCCCCNC(=O)[C@H](Cc1ccc(C2=CC(=O)NS2(=O)=O)cc1)NC(=O)[C@H](Cc1ccccc1)NC(=O)Cc1ccc(C2=CC(=O)NS2(=O)=O)cc1. The van der Waals surface area contributed by atoms with Crippen LogP contribution >= 0.6 is 0 Å². The van der Waals surface area contributed by atoms with E-state index in [1.54, 1.807) is 48.5 Å². The summed E-state index contributed by atoms with van der Waals surface area (Å²) >= 11 is 0. The molecule has 0 saturated heterocycles. The van der Waals surface area contributed by atoms with E-state index in [1.165, 1.54) is 24.3 Å². The van der Waals surface area contributed by atoms with Crippen LogP contribution in [0.4, 0.5) is 0 Å². The fraction of sp³-hybridized carbons (Fsp3) is 0.270. The van der Waals surface area contributed by atoms with Crippen LogP contribution in [-0.2, 0) is 63.3 Å². The van der Waals surface area contributed by atoms with E-state index in [9.17, 15) is 40.8 Å². The number of carbonyl (C=O) groups is 5. The summed E-state index contributed by atoms with van der Waals surface area (Å²) in [6, 6.07) is 19.2. The van der Waals surface area contributed by atoms with Gasteiger partial charge in [-0.3, -0.25) is 24.0 Å². The van der Waals surface area contributed by atoms with Crippen molar-refractivity contribution in [1.82, 2.24) is 25.4 Å². The lowest BCUT2D eigenvalue weighted by Gasteiger charge is -2.24. The number of hydrogen-bond acceptors (Lipinski definition) is 9. The Kier molecular flexibility index (Phi) is 12.3. The van der Waals surface area contributed by atoms with Gasteiger partial charge >= 0.3 is 0 Å². The number of unbranched alkanes of at least 4 members (excludes halogenated alkanes) is 2. The summed E-state index contributed by atoms with van der Waals surface area (Å²) in [4.78, 5) is 63.6. The number of nitrogens with one attached hydrogen (secondary N) is 5. The zero-order valence-electron chi connectivity index (χ0n) is 28.8. The molecule has 0 radical (unpaired) electrons. The van der Waals surface area contributed by atoms with Crippen LogP contribution in [0, 0.1) is 0 Å². The Morgan fingerprint density at radius 3 is 1.60 bits per heavy atom. The van der Waals surface area contributed by atoms with Gasteiger partial charge in [-0.25, -0.2) is 26.3 Å². The van der Waals surface area contributed by atoms with Crippen LogP contribution in [0.25, 0.3) is 9.81 Å². The predicted octanol–water partition coefficient (Wildman–Crippen LogP) is 1.59. The first kappa shape index (κ1) is 38.6. The molecular formula is C37H39N5O9S2. The molecule has 278 valence electrons. The van der Waals surface area contributed by atoms with Gasteiger partial charge in [0.15, 0.2) is 0 Å². The first-order chi connectivity index (χ1) is 25.2. The molecule has 53 heavy (non-hydrogen) atoms. The van der Waals surface area contributed by atoms with Crippen molar-refractivity contribution in [2.45, 2.75) is 57.5 Å². The minimum absolute atomic E-state index is 0.0419. The Labute approximate surface area is 307 Å². The summed E-state index contributed by atoms with van der Waals surface area (Å²) in [5.74, 6) is -3.03. The summed E-state index contributed by atoms with van der Waals surface area (Å²) in [5.41, 5.74) is 2.44. The molecule has 2 aliphatic heterocycles. The first-order valence-corrected chi connectivity index (χ1v) is 19.9. The molecule has 3 aromatic rings. The number of sulfonamides is 2. The maximum atomic E-state index is 13.9. The van der Waals surface area contributed by atoms with Crippen molar-refractivity contribution >= 4 is 59.4 Å². The van der Waals surface area contributed by atoms with Crippen LogP contribution in [0.15, 0.2) is 91.0 Å². The molecule has 0 unspecified atom stereocenters. The van der Waals surface area contributed by atoms with Crippen molar-refractivity contribution in [2.75, 3.05) is 6.54 Å². The predicted molar refractivity (Wildman–Crippen MR) is 197 cm³/mol. The summed E-state index contributed by atoms with van der Waals surface area (Å²) in [6.07, 6.45) is 4.57. The van der Waals surface area contributed by atoms with Crippen LogP contribution in [0.2, 0.25) is 0 Å². The summed E-state index contributed by atoms with van der Waals surface area (Å²) in [5, 5.41) is 8.46. The van der Waals surface area contributed by atoms with Crippen LogP contribution in [0.3, 0.4) is 0 Å². The second-order valence-corrected chi connectivity index (χ2v) is 15.9. The molecule has 2 aliphatic rings. The molecule has 3 aromatic carbocycles. The molecule has 0 aromatic heterocycles. The highest BCUT2D eigenvalue weighted by molar-refractivity contribution is 8.00. The lowest BCUT2D eigenvalue weighted by atomic mass is 10.0. The second-order valence-electron chi connectivity index (χ2n) is 12.6. The minimum atomic E-state index is -3.98. The van der Waals surface area contributed by atoms with Crippen molar-refractivity contribution in [3.63, 3.8) is 0 Å². The Morgan fingerprint density at radius 1 is 0.623 bits per heavy atom. The van der Waals surface area contributed by atoms with Gasteiger partial charge in [0.25, 0.3) is 31.9 Å². The summed E-state index contributed by atoms with van der Waals surface area (Å²) < 4.78 is 52.8. The average Bonchev–Trinajstić information content (AvgIpc) is 3.56. The van der Waals surface area contributed by atoms with Crippen molar-refractivity contribution in [2.24, 2.45) is 0 Å². The van der Waals surface area contributed by atoms with E-state index < -0.39 is 61.7 Å². The zero-order valence-corrected chi connectivity index (χ0v) is 30.4. The Hall–Kier alpha value is -5.61. The number of benzene rings is 3. The summed E-state index contributed by atoms with van der Waals surface area (Å²) in [7, 11) is -7.94. The molecular weight excluding hydrogens is 723 g/mol. The molecule has 16 heteroatoms. The van der Waals surface area contributed by atoms with Gasteiger partial charge in [0.05, 0.1) is 6.42 Å². The largest absolute Gasteiger partial charge is 0.354 e. The maximum Gasteiger partial charge on any atom is 0.265 e. The lowest BCUT2D eigenvalue weighted by Crippen LogP contribution is -2.55. The fourth-order valence-corrected chi connectivity index (χ4v) is 8.10. The number of amides is 5. The van der Waals surface area contributed by atoms with Gasteiger partial charge in [-0.2, -0.15) is 0 Å². The molecule has 5 amide bonds. The third-order valence-corrected chi connectivity index (χ3v) is 11.3. The van der Waals surface area contributed by atoms with Crippen LogP contribution < -0.4 is 25.4 Å². The molecule has 0 saturated carbocycles. The van der Waals surface area contributed by atoms with E-state index in [1.807, 2.05) is 22.4 Å². The van der Waals surface area contributed by atoms with Gasteiger partial charge in [0, 0.05) is 31.5 Å². The van der Waals surface area contributed by atoms with Gasteiger partial charge < -0.3 is 16.0 Å². The molecule has 5 N–H and O–H groups in total. The van der Waals surface area contributed by atoms with E-state index in [2.05, 4.69) is 16.0 Å². The average molecular weight is 762 g/mol. The van der Waals surface area contributed by atoms with E-state index in [0.29, 0.717) is 17.7 Å². The molecule has 0 fully saturated rings. The minimum Gasteiger partial charge on any atom is -0.354 e. The monoisotopic (exact) mass is 761 g/mol. The highest BCUT2D eigenvalue weighted by Gasteiger charge is 2.31. The summed E-state index contributed by atoms with van der Waals surface area (Å²) in [6.45, 7) is 2.43. The van der Waals surface area contributed by atoms with Gasteiger partial charge in [-0.05, 0) is 34.2 Å². The van der Waals surface area contributed by atoms with Crippen molar-refractivity contribution in [1.29, 1.82) is 0 Å². The van der Waals surface area contributed by atoms with E-state index in [-0.39, 0.29) is 40.2 Å². The maximum absolute atomic E-state index is 13.9. The number of rotatable bonds is 16. The van der Waals surface area contributed by atoms with Gasteiger partial charge in [-0.1, -0.05) is 98.6 Å². The molecule has 0 spiro atoms. The van der Waals surface area contributed by atoms with Crippen LogP contribution in [-0.4, -0.2) is 65.0 Å². The highest BCUT2D eigenvalue weighted by Crippen LogP contribution is 2.25. The first-order valence-electron chi connectivity index (χ1n) is 16.9. The molecule has 14 nitrogen and oxygen atoms in total. The van der Waals surface area contributed by atoms with Crippen molar-refractivity contribution in [3.05, 3.63) is 119 Å². The molecule has 5 rings (SSSR count). The molecule has 2 heterocycles. The van der Waals surface area contributed by atoms with Gasteiger partial charge in [-0.15, -0.1) is 0 Å². The highest BCUT2D eigenvalue weighted by atomic mass is 32.2. The Morgan fingerprint density at radius 2 is 1.11 bits per heavy atom. The van der Waals surface area contributed by atoms with Gasteiger partial charge in [0.2, 0.25) is 17.7 Å². The second kappa shape index (κ2) is 16.8. The van der Waals surface area contributed by atoms with Crippen molar-refractivity contribution < 1.29 is 40.8 Å². The topological polar surface area (TPSA) is 214 Å². The molecule has 0 bridgehead atoms. The normalized spacial score (nSPS) is 16.7.